The average Bonchev–Trinajstić information content (AvgIpc) is 2.42. The fraction of sp³-hybridized carbons (Fsp3) is 0.571. The SMILES string of the molecule is COC(CN)CC(=O)N(Cc1cccnc1)C(C)C. The molecular formula is C14H23N3O2. The van der Waals surface area contributed by atoms with E-state index in [0.717, 1.165) is 5.56 Å². The Kier molecular flexibility index (Phi) is 6.45. The lowest BCUT2D eigenvalue weighted by molar-refractivity contribution is -0.136. The Hall–Kier alpha value is -1.46. The molecule has 0 saturated carbocycles. The van der Waals surface area contributed by atoms with Crippen molar-refractivity contribution in [2.24, 2.45) is 5.73 Å². The number of carbonyl (C=O) groups is 1. The number of pyridine rings is 1. The van der Waals surface area contributed by atoms with Crippen LogP contribution in [0, 0.1) is 0 Å². The zero-order valence-electron chi connectivity index (χ0n) is 11.9. The molecule has 0 fully saturated rings. The van der Waals surface area contributed by atoms with Crippen molar-refractivity contribution in [3.05, 3.63) is 30.1 Å². The number of ether oxygens (including phenoxy) is 1. The molecule has 0 aliphatic rings. The maximum atomic E-state index is 12.3. The third kappa shape index (κ3) is 4.96. The van der Waals surface area contributed by atoms with Crippen LogP contribution in [0.1, 0.15) is 25.8 Å². The highest BCUT2D eigenvalue weighted by Crippen LogP contribution is 2.11. The molecule has 1 atom stereocenters. The van der Waals surface area contributed by atoms with Crippen LogP contribution < -0.4 is 5.73 Å². The summed E-state index contributed by atoms with van der Waals surface area (Å²) in [5.74, 6) is 0.0520. The zero-order chi connectivity index (χ0) is 14.3. The zero-order valence-corrected chi connectivity index (χ0v) is 11.9. The molecule has 0 saturated heterocycles. The Morgan fingerprint density at radius 1 is 1.53 bits per heavy atom. The summed E-state index contributed by atoms with van der Waals surface area (Å²) in [6, 6.07) is 3.96. The largest absolute Gasteiger partial charge is 0.380 e. The predicted molar refractivity (Wildman–Crippen MR) is 74.4 cm³/mol. The summed E-state index contributed by atoms with van der Waals surface area (Å²) in [5, 5.41) is 0. The first-order valence-corrected chi connectivity index (χ1v) is 6.49. The number of nitrogens with two attached hydrogens (primary N) is 1. The molecule has 1 amide bonds. The molecule has 1 unspecified atom stereocenters. The summed E-state index contributed by atoms with van der Waals surface area (Å²) >= 11 is 0. The van der Waals surface area contributed by atoms with Crippen molar-refractivity contribution < 1.29 is 9.53 Å². The van der Waals surface area contributed by atoms with Gasteiger partial charge in [0.15, 0.2) is 0 Å². The quantitative estimate of drug-likeness (QED) is 0.804. The van der Waals surface area contributed by atoms with Crippen molar-refractivity contribution >= 4 is 5.91 Å². The summed E-state index contributed by atoms with van der Waals surface area (Å²) in [6.45, 7) is 4.91. The molecule has 1 rings (SSSR count). The van der Waals surface area contributed by atoms with Crippen LogP contribution in [0.4, 0.5) is 0 Å². The highest BCUT2D eigenvalue weighted by atomic mass is 16.5. The van der Waals surface area contributed by atoms with E-state index in [4.69, 9.17) is 10.5 Å². The number of rotatable bonds is 7. The van der Waals surface area contributed by atoms with Gasteiger partial charge in [-0.2, -0.15) is 0 Å². The van der Waals surface area contributed by atoms with Gasteiger partial charge in [0, 0.05) is 38.6 Å². The van der Waals surface area contributed by atoms with Gasteiger partial charge in [-0.15, -0.1) is 0 Å². The van der Waals surface area contributed by atoms with E-state index < -0.39 is 0 Å². The molecule has 0 radical (unpaired) electrons. The first-order chi connectivity index (χ1) is 9.08. The number of carbonyl (C=O) groups excluding carboxylic acids is 1. The van der Waals surface area contributed by atoms with Crippen LogP contribution in [-0.4, -0.2) is 41.6 Å². The molecule has 0 aliphatic heterocycles. The van der Waals surface area contributed by atoms with Crippen molar-refractivity contribution in [1.29, 1.82) is 0 Å². The number of hydrogen-bond acceptors (Lipinski definition) is 4. The third-order valence-corrected chi connectivity index (χ3v) is 3.02. The van der Waals surface area contributed by atoms with Gasteiger partial charge in [0.25, 0.3) is 0 Å². The van der Waals surface area contributed by atoms with Gasteiger partial charge in [-0.3, -0.25) is 9.78 Å². The van der Waals surface area contributed by atoms with Gasteiger partial charge in [-0.05, 0) is 25.5 Å². The molecule has 5 heteroatoms. The van der Waals surface area contributed by atoms with Crippen molar-refractivity contribution in [3.8, 4) is 0 Å². The van der Waals surface area contributed by atoms with Crippen molar-refractivity contribution in [1.82, 2.24) is 9.88 Å². The van der Waals surface area contributed by atoms with Gasteiger partial charge in [-0.1, -0.05) is 6.07 Å². The molecule has 5 nitrogen and oxygen atoms in total. The van der Waals surface area contributed by atoms with Crippen LogP contribution in [0.15, 0.2) is 24.5 Å². The number of methoxy groups -OCH3 is 1. The predicted octanol–water partition coefficient (Wildman–Crippen LogP) is 1.18. The lowest BCUT2D eigenvalue weighted by Gasteiger charge is -2.28. The van der Waals surface area contributed by atoms with Crippen LogP contribution in [0.2, 0.25) is 0 Å². The first kappa shape index (κ1) is 15.6. The molecule has 1 aromatic heterocycles. The second-order valence-corrected chi connectivity index (χ2v) is 4.77. The highest BCUT2D eigenvalue weighted by Gasteiger charge is 2.20. The van der Waals surface area contributed by atoms with Gasteiger partial charge in [0.2, 0.25) is 5.91 Å². The van der Waals surface area contributed by atoms with E-state index >= 15 is 0 Å². The Balaban J connectivity index is 2.69. The van der Waals surface area contributed by atoms with Crippen LogP contribution in [0.25, 0.3) is 0 Å². The monoisotopic (exact) mass is 265 g/mol. The molecule has 1 aromatic rings. The minimum atomic E-state index is -0.220. The van der Waals surface area contributed by atoms with Crippen molar-refractivity contribution in [3.63, 3.8) is 0 Å². The van der Waals surface area contributed by atoms with Crippen LogP contribution in [0.5, 0.6) is 0 Å². The van der Waals surface area contributed by atoms with Gasteiger partial charge in [0.05, 0.1) is 12.5 Å². The van der Waals surface area contributed by atoms with Gasteiger partial charge < -0.3 is 15.4 Å². The van der Waals surface area contributed by atoms with E-state index in [2.05, 4.69) is 4.98 Å². The van der Waals surface area contributed by atoms with E-state index in [1.54, 1.807) is 19.5 Å². The molecular weight excluding hydrogens is 242 g/mol. The van der Waals surface area contributed by atoms with Crippen LogP contribution >= 0.6 is 0 Å². The average molecular weight is 265 g/mol. The Bertz CT molecular complexity index is 378. The minimum absolute atomic E-state index is 0.0520. The number of aromatic nitrogens is 1. The van der Waals surface area contributed by atoms with Gasteiger partial charge in [-0.25, -0.2) is 0 Å². The summed E-state index contributed by atoms with van der Waals surface area (Å²) in [4.78, 5) is 18.2. The normalized spacial score (nSPS) is 12.5. The number of nitrogens with zero attached hydrogens (tertiary/aromatic N) is 2. The van der Waals surface area contributed by atoms with Crippen LogP contribution in [0.3, 0.4) is 0 Å². The standard InChI is InChI=1S/C14H23N3O2/c1-11(2)17(10-12-5-4-6-16-9-12)14(18)7-13(8-15)19-3/h4-6,9,11,13H,7-8,10,15H2,1-3H3. The Labute approximate surface area is 114 Å². The maximum Gasteiger partial charge on any atom is 0.225 e. The van der Waals surface area contributed by atoms with Gasteiger partial charge >= 0.3 is 0 Å². The lowest BCUT2D eigenvalue weighted by Crippen LogP contribution is -2.39. The Morgan fingerprint density at radius 3 is 2.74 bits per heavy atom. The number of amides is 1. The Morgan fingerprint density at radius 2 is 2.26 bits per heavy atom. The van der Waals surface area contributed by atoms with Crippen LogP contribution in [-0.2, 0) is 16.1 Å². The summed E-state index contributed by atoms with van der Waals surface area (Å²) in [7, 11) is 1.58. The molecule has 106 valence electrons. The molecule has 0 spiro atoms. The highest BCUT2D eigenvalue weighted by molar-refractivity contribution is 5.77. The number of hydrogen-bond donors (Lipinski definition) is 1. The van der Waals surface area contributed by atoms with Gasteiger partial charge in [0.1, 0.15) is 0 Å². The summed E-state index contributed by atoms with van der Waals surface area (Å²) in [6.07, 6.45) is 3.59. The molecule has 0 bridgehead atoms. The fourth-order valence-electron chi connectivity index (χ4n) is 1.82. The van der Waals surface area contributed by atoms with E-state index in [-0.39, 0.29) is 18.1 Å². The first-order valence-electron chi connectivity index (χ1n) is 6.49. The summed E-state index contributed by atoms with van der Waals surface area (Å²) < 4.78 is 5.17. The molecule has 0 aliphatic carbocycles. The van der Waals surface area contributed by atoms with Crippen molar-refractivity contribution in [2.75, 3.05) is 13.7 Å². The minimum Gasteiger partial charge on any atom is -0.380 e. The topological polar surface area (TPSA) is 68.5 Å². The summed E-state index contributed by atoms with van der Waals surface area (Å²) in [5.41, 5.74) is 6.57. The third-order valence-electron chi connectivity index (χ3n) is 3.02. The second kappa shape index (κ2) is 7.86. The molecule has 19 heavy (non-hydrogen) atoms. The smallest absolute Gasteiger partial charge is 0.225 e. The van der Waals surface area contributed by atoms with E-state index in [1.165, 1.54) is 0 Å². The van der Waals surface area contributed by atoms with Crippen molar-refractivity contribution in [2.45, 2.75) is 39.0 Å². The van der Waals surface area contributed by atoms with E-state index in [1.807, 2.05) is 30.9 Å². The molecule has 2 N–H and O–H groups in total. The fourth-order valence-corrected chi connectivity index (χ4v) is 1.82. The lowest BCUT2D eigenvalue weighted by atomic mass is 10.1. The van der Waals surface area contributed by atoms with E-state index in [9.17, 15) is 4.79 Å². The van der Waals surface area contributed by atoms with E-state index in [0.29, 0.717) is 19.5 Å². The molecule has 1 heterocycles. The molecule has 0 aromatic carbocycles. The second-order valence-electron chi connectivity index (χ2n) is 4.77. The maximum absolute atomic E-state index is 12.3.